The monoisotopic (exact) mass is 524 g/mol. The minimum atomic E-state index is -2.34. The van der Waals surface area contributed by atoms with Gasteiger partial charge in [-0.15, -0.1) is 0 Å². The summed E-state index contributed by atoms with van der Waals surface area (Å²) >= 11 is 0. The molecular weight excluding hydrogens is 497 g/mol. The van der Waals surface area contributed by atoms with Crippen LogP contribution in [0.15, 0.2) is 0 Å². The zero-order chi connectivity index (χ0) is 17.4. The first-order valence-electron chi connectivity index (χ1n) is 8.13. The van der Waals surface area contributed by atoms with Crippen LogP contribution in [0.3, 0.4) is 0 Å². The molecule has 0 aromatic heterocycles. The molecule has 0 amide bonds. The molecule has 0 aromatic carbocycles. The smallest absolute Gasteiger partial charge is 0.115 e. The van der Waals surface area contributed by atoms with E-state index in [1.165, 1.54) is 0 Å². The van der Waals surface area contributed by atoms with E-state index in [1.54, 1.807) is 0 Å². The SMILES string of the molecule is [B][C@@H]1O[C@H](COP(=C)(C)O[C@@H]2C(C)[C@H]([B])O[C@@H]2CO)[C@H](C)C1C.[W]. The fourth-order valence-electron chi connectivity index (χ4n) is 3.04. The molecule has 2 aliphatic heterocycles. The van der Waals surface area contributed by atoms with Gasteiger partial charge in [-0.25, -0.2) is 0 Å². The van der Waals surface area contributed by atoms with Crippen molar-refractivity contribution in [3.05, 3.63) is 0 Å². The van der Waals surface area contributed by atoms with Crippen LogP contribution in [-0.2, 0) is 39.6 Å². The van der Waals surface area contributed by atoms with Crippen molar-refractivity contribution in [3.63, 3.8) is 0 Å². The number of hydrogen-bond donors (Lipinski definition) is 1. The van der Waals surface area contributed by atoms with E-state index in [1.807, 2.05) is 13.6 Å². The second-order valence-electron chi connectivity index (χ2n) is 6.92. The molecule has 2 fully saturated rings. The maximum absolute atomic E-state index is 9.42. The summed E-state index contributed by atoms with van der Waals surface area (Å²) in [7, 11) is 9.46. The summed E-state index contributed by atoms with van der Waals surface area (Å²) in [5, 5.41) is 9.42. The molecule has 134 valence electrons. The van der Waals surface area contributed by atoms with Crippen LogP contribution in [0.2, 0.25) is 0 Å². The molecule has 9 atom stereocenters. The van der Waals surface area contributed by atoms with Crippen molar-refractivity contribution in [2.45, 2.75) is 51.1 Å². The van der Waals surface area contributed by atoms with Crippen molar-refractivity contribution in [2.24, 2.45) is 17.8 Å². The van der Waals surface area contributed by atoms with Crippen LogP contribution in [0.5, 0.6) is 0 Å². The van der Waals surface area contributed by atoms with Gasteiger partial charge in [0.25, 0.3) is 0 Å². The predicted molar refractivity (Wildman–Crippen MR) is 94.2 cm³/mol. The fourth-order valence-corrected chi connectivity index (χ4v) is 4.40. The molecule has 9 heteroatoms. The average molecular weight is 524 g/mol. The van der Waals surface area contributed by atoms with Crippen LogP contribution in [0.1, 0.15) is 20.8 Å². The van der Waals surface area contributed by atoms with E-state index >= 15 is 0 Å². The first-order chi connectivity index (χ1) is 10.7. The average Bonchev–Trinajstić information content (AvgIpc) is 2.89. The molecule has 2 aliphatic rings. The van der Waals surface area contributed by atoms with Gasteiger partial charge in [-0.2, -0.15) is 0 Å². The number of rotatable bonds is 6. The molecular formula is C15H27B2O5PW. The van der Waals surface area contributed by atoms with E-state index in [-0.39, 0.29) is 51.8 Å². The topological polar surface area (TPSA) is 57.2 Å². The molecule has 24 heavy (non-hydrogen) atoms. The van der Waals surface area contributed by atoms with Crippen LogP contribution in [0.4, 0.5) is 0 Å². The summed E-state index contributed by atoms with van der Waals surface area (Å²) < 4.78 is 23.2. The van der Waals surface area contributed by atoms with Crippen LogP contribution in [0.25, 0.3) is 0 Å². The third-order valence-corrected chi connectivity index (χ3v) is 6.42. The standard InChI is InChI=1S/C15H27B2O5P.W/c1-8-9(2)14(16)21-12(8)7-19-23(4,5)22-13-10(3)15(17)20-11(13)6-18;/h8-15,18H,4,6-7H2,1-3,5H3;/t8-,9?,10?,11-,12-,13-,14-,15-,23?;/m1./s1. The Kier molecular flexibility index (Phi) is 8.82. The van der Waals surface area contributed by atoms with Crippen LogP contribution in [0, 0.1) is 17.8 Å². The van der Waals surface area contributed by atoms with Crippen molar-refractivity contribution >= 4 is 29.3 Å². The molecule has 3 unspecified atom stereocenters. The molecule has 2 heterocycles. The van der Waals surface area contributed by atoms with E-state index in [2.05, 4.69) is 20.1 Å². The number of aliphatic hydroxyl groups is 1. The maximum atomic E-state index is 9.42. The van der Waals surface area contributed by atoms with Gasteiger partial charge in [0, 0.05) is 45.7 Å². The normalized spacial score (nSPS) is 44.9. The molecule has 0 bridgehead atoms. The largest absolute Gasteiger partial charge is 0.394 e. The van der Waals surface area contributed by atoms with E-state index in [0.717, 1.165) is 0 Å². The van der Waals surface area contributed by atoms with E-state index in [9.17, 15) is 5.11 Å². The van der Waals surface area contributed by atoms with Gasteiger partial charge in [0.15, 0.2) is 0 Å². The molecule has 2 rings (SSSR count). The summed E-state index contributed by atoms with van der Waals surface area (Å²) in [6.45, 7) is 8.23. The Labute approximate surface area is 162 Å². The minimum Gasteiger partial charge on any atom is -0.394 e. The Hall–Kier alpha value is 0.918. The van der Waals surface area contributed by atoms with Crippen molar-refractivity contribution in [1.29, 1.82) is 0 Å². The number of ether oxygens (including phenoxy) is 2. The summed E-state index contributed by atoms with van der Waals surface area (Å²) in [4.78, 5) is 0. The Morgan fingerprint density at radius 3 is 2.08 bits per heavy atom. The fraction of sp³-hybridized carbons (Fsp3) is 0.933. The van der Waals surface area contributed by atoms with E-state index in [4.69, 9.17) is 34.2 Å². The predicted octanol–water partition coefficient (Wildman–Crippen LogP) is 0.982. The van der Waals surface area contributed by atoms with Crippen molar-refractivity contribution in [2.75, 3.05) is 19.9 Å². The van der Waals surface area contributed by atoms with Gasteiger partial charge in [-0.05, 0) is 11.8 Å². The summed E-state index contributed by atoms with van der Waals surface area (Å²) in [5.41, 5.74) is 0. The van der Waals surface area contributed by atoms with Gasteiger partial charge in [0.05, 0.1) is 25.4 Å². The Bertz CT molecular complexity index is 458. The number of hydrogen-bond acceptors (Lipinski definition) is 5. The van der Waals surface area contributed by atoms with Gasteiger partial charge in [-0.1, -0.05) is 27.1 Å². The van der Waals surface area contributed by atoms with Gasteiger partial charge >= 0.3 is 0 Å². The van der Waals surface area contributed by atoms with E-state index < -0.39 is 19.4 Å². The quantitative estimate of drug-likeness (QED) is 0.416. The summed E-state index contributed by atoms with van der Waals surface area (Å²) in [5.74, 6) is 0.572. The number of aliphatic hydroxyl groups excluding tert-OH is 1. The van der Waals surface area contributed by atoms with Crippen molar-refractivity contribution < 1.29 is 44.7 Å². The molecule has 2 saturated heterocycles. The Morgan fingerprint density at radius 1 is 1.04 bits per heavy atom. The van der Waals surface area contributed by atoms with Gasteiger partial charge in [0.1, 0.15) is 29.1 Å². The summed E-state index contributed by atoms with van der Waals surface area (Å²) in [6, 6.07) is -0.705. The molecule has 5 nitrogen and oxygen atoms in total. The van der Waals surface area contributed by atoms with Crippen LogP contribution >= 0.6 is 7.34 Å². The molecule has 0 saturated carbocycles. The molecule has 0 aromatic rings. The Morgan fingerprint density at radius 2 is 1.58 bits per heavy atom. The van der Waals surface area contributed by atoms with E-state index in [0.29, 0.717) is 18.4 Å². The first-order valence-corrected chi connectivity index (χ1v) is 10.4. The molecule has 0 aliphatic carbocycles. The van der Waals surface area contributed by atoms with Crippen molar-refractivity contribution in [3.8, 4) is 0 Å². The van der Waals surface area contributed by atoms with Crippen molar-refractivity contribution in [1.82, 2.24) is 0 Å². The summed E-state index contributed by atoms with van der Waals surface area (Å²) in [6.07, 6.45) is 3.26. The second-order valence-corrected chi connectivity index (χ2v) is 9.42. The maximum Gasteiger partial charge on any atom is 0.115 e. The second kappa shape index (κ2) is 9.22. The third-order valence-electron chi connectivity index (χ3n) is 5.04. The molecule has 1 N–H and O–H groups in total. The first kappa shape index (κ1) is 23.0. The molecule has 4 radical (unpaired) electrons. The van der Waals surface area contributed by atoms with Gasteiger partial charge < -0.3 is 23.6 Å². The van der Waals surface area contributed by atoms with Crippen LogP contribution < -0.4 is 0 Å². The zero-order valence-corrected chi connectivity index (χ0v) is 18.7. The zero-order valence-electron chi connectivity index (χ0n) is 14.8. The minimum absolute atomic E-state index is 0. The van der Waals surface area contributed by atoms with Gasteiger partial charge in [0.2, 0.25) is 0 Å². The van der Waals surface area contributed by atoms with Gasteiger partial charge in [-0.3, -0.25) is 0 Å². The Balaban J connectivity index is 0.00000288. The molecule has 0 spiro atoms. The third kappa shape index (κ3) is 5.22. The van der Waals surface area contributed by atoms with Crippen LogP contribution in [-0.4, -0.2) is 77.3 Å².